The van der Waals surface area contributed by atoms with Crippen molar-refractivity contribution in [3.05, 3.63) is 95.7 Å². The van der Waals surface area contributed by atoms with Crippen LogP contribution in [0.25, 0.3) is 22.0 Å². The number of hydrogen-bond donors (Lipinski definition) is 0. The van der Waals surface area contributed by atoms with E-state index in [4.69, 9.17) is 9.98 Å². The molecular formula is C30H32N2. The van der Waals surface area contributed by atoms with Crippen molar-refractivity contribution in [2.75, 3.05) is 0 Å². The molecule has 0 radical (unpaired) electrons. The van der Waals surface area contributed by atoms with Gasteiger partial charge in [-0.3, -0.25) is 9.98 Å². The molecule has 1 aromatic heterocycles. The van der Waals surface area contributed by atoms with E-state index in [1.807, 2.05) is 0 Å². The minimum absolute atomic E-state index is 0.970. The number of fused-ring (bicyclic) bond motifs is 1. The van der Waals surface area contributed by atoms with E-state index >= 15 is 0 Å². The van der Waals surface area contributed by atoms with Gasteiger partial charge < -0.3 is 0 Å². The van der Waals surface area contributed by atoms with E-state index < -0.39 is 0 Å². The molecule has 0 saturated carbocycles. The van der Waals surface area contributed by atoms with E-state index in [2.05, 4.69) is 99.7 Å². The molecule has 1 aliphatic carbocycles. The fourth-order valence-corrected chi connectivity index (χ4v) is 4.34. The van der Waals surface area contributed by atoms with Gasteiger partial charge in [-0.25, -0.2) is 0 Å². The lowest BCUT2D eigenvalue weighted by atomic mass is 9.95. The summed E-state index contributed by atoms with van der Waals surface area (Å²) in [6, 6.07) is 17.3. The Kier molecular flexibility index (Phi) is 7.11. The normalized spacial score (nSPS) is 14.0. The van der Waals surface area contributed by atoms with Crippen molar-refractivity contribution >= 4 is 22.3 Å². The van der Waals surface area contributed by atoms with E-state index in [9.17, 15) is 0 Å². The number of allylic oxidation sites excluding steroid dienone is 6. The van der Waals surface area contributed by atoms with Gasteiger partial charge in [0.1, 0.15) is 0 Å². The molecule has 32 heavy (non-hydrogen) atoms. The van der Waals surface area contributed by atoms with Crippen molar-refractivity contribution in [3.8, 4) is 11.1 Å². The number of pyridine rings is 1. The molecule has 4 rings (SSSR count). The first-order chi connectivity index (χ1) is 15.7. The number of aromatic nitrogens is 1. The molecule has 0 aliphatic heterocycles. The third-order valence-electron chi connectivity index (χ3n) is 5.95. The van der Waals surface area contributed by atoms with Crippen LogP contribution in [0.1, 0.15) is 50.8 Å². The average molecular weight is 421 g/mol. The Morgan fingerprint density at radius 1 is 1.00 bits per heavy atom. The quantitative estimate of drug-likeness (QED) is 0.352. The van der Waals surface area contributed by atoms with Crippen LogP contribution in [-0.4, -0.2) is 10.7 Å². The zero-order valence-electron chi connectivity index (χ0n) is 19.4. The van der Waals surface area contributed by atoms with Crippen LogP contribution in [0, 0.1) is 6.92 Å². The van der Waals surface area contributed by atoms with Gasteiger partial charge in [-0.2, -0.15) is 0 Å². The topological polar surface area (TPSA) is 25.2 Å². The summed E-state index contributed by atoms with van der Waals surface area (Å²) >= 11 is 0. The summed E-state index contributed by atoms with van der Waals surface area (Å²) in [5, 5.41) is 1.17. The van der Waals surface area contributed by atoms with Gasteiger partial charge in [0, 0.05) is 16.8 Å². The van der Waals surface area contributed by atoms with Crippen molar-refractivity contribution in [2.24, 2.45) is 4.99 Å². The molecule has 0 N–H and O–H groups in total. The smallest absolute Gasteiger partial charge is 0.0970 e. The summed E-state index contributed by atoms with van der Waals surface area (Å²) in [4.78, 5) is 10.1. The summed E-state index contributed by atoms with van der Waals surface area (Å²) in [6.07, 6.45) is 16.0. The van der Waals surface area contributed by atoms with Gasteiger partial charge in [0.2, 0.25) is 0 Å². The van der Waals surface area contributed by atoms with Crippen LogP contribution in [0.2, 0.25) is 0 Å². The van der Waals surface area contributed by atoms with E-state index in [1.165, 1.54) is 33.4 Å². The number of nitrogens with zero attached hydrogens (tertiary/aromatic N) is 2. The molecule has 0 amide bonds. The van der Waals surface area contributed by atoms with Gasteiger partial charge in [-0.15, -0.1) is 0 Å². The second-order valence-corrected chi connectivity index (χ2v) is 8.59. The Morgan fingerprint density at radius 3 is 2.66 bits per heavy atom. The summed E-state index contributed by atoms with van der Waals surface area (Å²) in [5.41, 5.74) is 9.45. The molecule has 162 valence electrons. The first-order valence-electron chi connectivity index (χ1n) is 11.7. The zero-order chi connectivity index (χ0) is 22.3. The van der Waals surface area contributed by atoms with Crippen LogP contribution in [0.4, 0.5) is 5.69 Å². The highest BCUT2D eigenvalue weighted by Gasteiger charge is 2.14. The highest BCUT2D eigenvalue weighted by Crippen LogP contribution is 2.37. The van der Waals surface area contributed by atoms with Crippen LogP contribution in [0.15, 0.2) is 89.5 Å². The fourth-order valence-electron chi connectivity index (χ4n) is 4.34. The second-order valence-electron chi connectivity index (χ2n) is 8.59. The molecule has 0 saturated heterocycles. The fraction of sp³-hybridized carbons (Fsp3) is 0.267. The molecule has 0 unspecified atom stereocenters. The van der Waals surface area contributed by atoms with Crippen molar-refractivity contribution in [3.63, 3.8) is 0 Å². The number of hydrogen-bond acceptors (Lipinski definition) is 2. The average Bonchev–Trinajstić information content (AvgIpc) is 3.08. The molecule has 1 heterocycles. The number of benzene rings is 2. The van der Waals surface area contributed by atoms with Crippen molar-refractivity contribution in [1.82, 2.24) is 4.98 Å². The van der Waals surface area contributed by atoms with Gasteiger partial charge in [-0.1, -0.05) is 91.8 Å². The minimum Gasteiger partial charge on any atom is -0.256 e. The Balaban J connectivity index is 1.83. The highest BCUT2D eigenvalue weighted by molar-refractivity contribution is 6.02. The van der Waals surface area contributed by atoms with E-state index in [0.29, 0.717) is 0 Å². The van der Waals surface area contributed by atoms with E-state index in [-0.39, 0.29) is 0 Å². The molecule has 0 bridgehead atoms. The maximum atomic E-state index is 5.14. The summed E-state index contributed by atoms with van der Waals surface area (Å²) < 4.78 is 0. The lowest BCUT2D eigenvalue weighted by Crippen LogP contribution is -1.97. The van der Waals surface area contributed by atoms with Gasteiger partial charge in [0.25, 0.3) is 0 Å². The third-order valence-corrected chi connectivity index (χ3v) is 5.95. The van der Waals surface area contributed by atoms with Gasteiger partial charge >= 0.3 is 0 Å². The molecule has 2 heteroatoms. The van der Waals surface area contributed by atoms with Gasteiger partial charge in [0.15, 0.2) is 0 Å². The van der Waals surface area contributed by atoms with E-state index in [0.717, 1.165) is 49.0 Å². The first-order valence-corrected chi connectivity index (χ1v) is 11.7. The largest absolute Gasteiger partial charge is 0.256 e. The van der Waals surface area contributed by atoms with Gasteiger partial charge in [-0.05, 0) is 62.3 Å². The van der Waals surface area contributed by atoms with Gasteiger partial charge in [0.05, 0.1) is 11.2 Å². The molecule has 0 spiro atoms. The van der Waals surface area contributed by atoms with Crippen LogP contribution in [0.3, 0.4) is 0 Å². The standard InChI is InChI=1S/C30H32N2/c1-4-12-22(2)31-29-26(18-17-24-13-8-5-6-9-14-24)19-20-27-28(21-23(3)32-30(27)29)25-15-10-7-11-16-25/h5-11,13,15-16,19-21H,4,12,14,17-18H2,1-3H3/b31-22-. The second kappa shape index (κ2) is 10.4. The lowest BCUT2D eigenvalue weighted by Gasteiger charge is -2.15. The molecule has 3 aromatic rings. The van der Waals surface area contributed by atoms with Crippen LogP contribution in [0.5, 0.6) is 0 Å². The molecular weight excluding hydrogens is 388 g/mol. The van der Waals surface area contributed by atoms with Crippen LogP contribution >= 0.6 is 0 Å². The minimum atomic E-state index is 0.970. The molecule has 2 nitrogen and oxygen atoms in total. The molecule has 2 aromatic carbocycles. The maximum Gasteiger partial charge on any atom is 0.0970 e. The maximum absolute atomic E-state index is 5.14. The van der Waals surface area contributed by atoms with Crippen molar-refractivity contribution in [1.29, 1.82) is 0 Å². The third kappa shape index (κ3) is 5.13. The van der Waals surface area contributed by atoms with Crippen LogP contribution in [-0.2, 0) is 6.42 Å². The SMILES string of the molecule is CCC/C(C)=N\c1c(CCC2=CC=CC=CC2)ccc2c(-c3ccccc3)cc(C)nc12. The Morgan fingerprint density at radius 2 is 1.84 bits per heavy atom. The predicted octanol–water partition coefficient (Wildman–Crippen LogP) is 8.48. The highest BCUT2D eigenvalue weighted by atomic mass is 14.8. The lowest BCUT2D eigenvalue weighted by molar-refractivity contribution is 0.911. The Labute approximate surface area is 192 Å². The summed E-state index contributed by atoms with van der Waals surface area (Å²) in [5.74, 6) is 0. The number of aliphatic imine (C=N–C) groups is 1. The number of rotatable bonds is 7. The Hall–Kier alpha value is -3.26. The molecule has 0 atom stereocenters. The number of aryl methyl sites for hydroxylation is 2. The first kappa shape index (κ1) is 22.0. The van der Waals surface area contributed by atoms with Crippen molar-refractivity contribution in [2.45, 2.75) is 52.9 Å². The zero-order valence-corrected chi connectivity index (χ0v) is 19.4. The molecule has 1 aliphatic rings. The molecule has 0 fully saturated rings. The predicted molar refractivity (Wildman–Crippen MR) is 139 cm³/mol. The monoisotopic (exact) mass is 420 g/mol. The van der Waals surface area contributed by atoms with E-state index in [1.54, 1.807) is 0 Å². The van der Waals surface area contributed by atoms with Crippen molar-refractivity contribution < 1.29 is 0 Å². The Bertz CT molecular complexity index is 1210. The summed E-state index contributed by atoms with van der Waals surface area (Å²) in [6.45, 7) is 6.43. The summed E-state index contributed by atoms with van der Waals surface area (Å²) in [7, 11) is 0. The van der Waals surface area contributed by atoms with Crippen LogP contribution < -0.4 is 0 Å².